The fourth-order valence-corrected chi connectivity index (χ4v) is 3.39. The van der Waals surface area contributed by atoms with Crippen molar-refractivity contribution >= 4 is 34.0 Å². The van der Waals surface area contributed by atoms with E-state index in [0.29, 0.717) is 22.3 Å². The Morgan fingerprint density at radius 3 is 2.81 bits per heavy atom. The molecule has 8 heteroatoms. The standard InChI is InChI=1S/C19H14FN3O3S/c20-12-7-5-11(6-8-12)14-10-27-19(22-14)23-17(24)9-16-18(25)21-13-3-1-2-4-15(13)26-16/h1-8,10,16H,9H2,(H,21,25)(H,22,23,24)/t16-/m0/s1. The molecule has 2 N–H and O–H groups in total. The summed E-state index contributed by atoms with van der Waals surface area (Å²) in [6.45, 7) is 0. The number of nitrogens with one attached hydrogen (secondary N) is 2. The Balaban J connectivity index is 1.40. The molecule has 3 aromatic rings. The lowest BCUT2D eigenvalue weighted by Crippen LogP contribution is -2.39. The van der Waals surface area contributed by atoms with Crippen LogP contribution in [-0.2, 0) is 9.59 Å². The van der Waals surface area contributed by atoms with Gasteiger partial charge < -0.3 is 15.4 Å². The fourth-order valence-electron chi connectivity index (χ4n) is 2.65. The van der Waals surface area contributed by atoms with Gasteiger partial charge in [-0.25, -0.2) is 9.37 Å². The number of hydrogen-bond donors (Lipinski definition) is 2. The fraction of sp³-hybridized carbons (Fsp3) is 0.105. The van der Waals surface area contributed by atoms with E-state index in [1.165, 1.54) is 23.5 Å². The third-order valence-electron chi connectivity index (χ3n) is 3.97. The normalized spacial score (nSPS) is 15.4. The molecule has 6 nitrogen and oxygen atoms in total. The van der Waals surface area contributed by atoms with E-state index in [-0.39, 0.29) is 24.1 Å². The summed E-state index contributed by atoms with van der Waals surface area (Å²) in [5.74, 6) is -0.540. The Labute approximate surface area is 158 Å². The zero-order valence-electron chi connectivity index (χ0n) is 13.9. The highest BCUT2D eigenvalue weighted by molar-refractivity contribution is 7.14. The van der Waals surface area contributed by atoms with Crippen LogP contribution >= 0.6 is 11.3 Å². The van der Waals surface area contributed by atoms with Crippen molar-refractivity contribution in [3.05, 3.63) is 59.7 Å². The van der Waals surface area contributed by atoms with Crippen molar-refractivity contribution in [2.24, 2.45) is 0 Å². The van der Waals surface area contributed by atoms with E-state index in [2.05, 4.69) is 15.6 Å². The van der Waals surface area contributed by atoms with Crippen LogP contribution in [0.2, 0.25) is 0 Å². The van der Waals surface area contributed by atoms with Gasteiger partial charge in [0, 0.05) is 10.9 Å². The molecule has 1 aliphatic rings. The smallest absolute Gasteiger partial charge is 0.266 e. The lowest BCUT2D eigenvalue weighted by molar-refractivity contribution is -0.128. The zero-order chi connectivity index (χ0) is 18.8. The second-order valence-corrected chi connectivity index (χ2v) is 6.75. The number of amides is 2. The third kappa shape index (κ3) is 3.80. The van der Waals surface area contributed by atoms with E-state index in [1.54, 1.807) is 41.8 Å². The lowest BCUT2D eigenvalue weighted by atomic mass is 10.1. The Morgan fingerprint density at radius 1 is 1.22 bits per heavy atom. The van der Waals surface area contributed by atoms with Crippen LogP contribution in [0.3, 0.4) is 0 Å². The molecule has 2 heterocycles. The number of nitrogens with zero attached hydrogens (tertiary/aromatic N) is 1. The molecule has 0 aliphatic carbocycles. The summed E-state index contributed by atoms with van der Waals surface area (Å²) in [6.07, 6.45) is -1.04. The van der Waals surface area contributed by atoms with Gasteiger partial charge in [-0.05, 0) is 36.4 Å². The van der Waals surface area contributed by atoms with Gasteiger partial charge in [0.25, 0.3) is 5.91 Å². The topological polar surface area (TPSA) is 80.3 Å². The number of hydrogen-bond acceptors (Lipinski definition) is 5. The number of halogens is 1. The largest absolute Gasteiger partial charge is 0.478 e. The number of thiazole rings is 1. The molecule has 1 aromatic heterocycles. The average Bonchev–Trinajstić information content (AvgIpc) is 3.11. The third-order valence-corrected chi connectivity index (χ3v) is 4.73. The van der Waals surface area contributed by atoms with E-state index in [1.807, 2.05) is 0 Å². The molecule has 1 atom stereocenters. The first-order chi connectivity index (χ1) is 13.1. The number of benzene rings is 2. The first-order valence-corrected chi connectivity index (χ1v) is 9.04. The van der Waals surface area contributed by atoms with Crippen molar-refractivity contribution in [1.29, 1.82) is 0 Å². The average molecular weight is 383 g/mol. The van der Waals surface area contributed by atoms with E-state index in [9.17, 15) is 14.0 Å². The zero-order valence-corrected chi connectivity index (χ0v) is 14.8. The van der Waals surface area contributed by atoms with Crippen molar-refractivity contribution in [3.63, 3.8) is 0 Å². The Kier molecular flexibility index (Phi) is 4.55. The van der Waals surface area contributed by atoms with Crippen LogP contribution in [0, 0.1) is 5.82 Å². The van der Waals surface area contributed by atoms with Gasteiger partial charge in [0.2, 0.25) is 5.91 Å². The second kappa shape index (κ2) is 7.16. The van der Waals surface area contributed by atoms with Crippen LogP contribution in [0.1, 0.15) is 6.42 Å². The molecule has 0 saturated heterocycles. The SMILES string of the molecule is O=C(C[C@@H]1Oc2ccccc2NC1=O)Nc1nc(-c2ccc(F)cc2)cs1. The maximum absolute atomic E-state index is 13.0. The van der Waals surface area contributed by atoms with Gasteiger partial charge in [0.05, 0.1) is 17.8 Å². The summed E-state index contributed by atoms with van der Waals surface area (Å²) in [7, 11) is 0. The van der Waals surface area contributed by atoms with Crippen LogP contribution in [-0.4, -0.2) is 22.9 Å². The van der Waals surface area contributed by atoms with Gasteiger partial charge in [-0.1, -0.05) is 12.1 Å². The van der Waals surface area contributed by atoms with Crippen LogP contribution in [0.4, 0.5) is 15.2 Å². The van der Waals surface area contributed by atoms with Crippen molar-refractivity contribution in [1.82, 2.24) is 4.98 Å². The van der Waals surface area contributed by atoms with Gasteiger partial charge in [0.15, 0.2) is 11.2 Å². The summed E-state index contributed by atoms with van der Waals surface area (Å²) < 4.78 is 18.6. The molecule has 0 unspecified atom stereocenters. The predicted octanol–water partition coefficient (Wildman–Crippen LogP) is 3.68. The molecule has 1 aliphatic heterocycles. The highest BCUT2D eigenvalue weighted by atomic mass is 32.1. The Hall–Kier alpha value is -3.26. The molecule has 0 radical (unpaired) electrons. The van der Waals surface area contributed by atoms with Crippen molar-refractivity contribution in [2.45, 2.75) is 12.5 Å². The van der Waals surface area contributed by atoms with Crippen molar-refractivity contribution < 1.29 is 18.7 Å². The molecule has 27 heavy (non-hydrogen) atoms. The van der Waals surface area contributed by atoms with E-state index in [4.69, 9.17) is 4.74 Å². The van der Waals surface area contributed by atoms with Gasteiger partial charge in [-0.15, -0.1) is 11.3 Å². The minimum atomic E-state index is -0.906. The number of ether oxygens (including phenoxy) is 1. The number of fused-ring (bicyclic) bond motifs is 1. The Bertz CT molecular complexity index is 1000. The van der Waals surface area contributed by atoms with Crippen LogP contribution in [0.25, 0.3) is 11.3 Å². The first-order valence-electron chi connectivity index (χ1n) is 8.16. The Morgan fingerprint density at radius 2 is 2.00 bits per heavy atom. The quantitative estimate of drug-likeness (QED) is 0.720. The molecule has 0 saturated carbocycles. The molecule has 136 valence electrons. The van der Waals surface area contributed by atoms with Crippen molar-refractivity contribution in [2.75, 3.05) is 10.6 Å². The molecular weight excluding hydrogens is 369 g/mol. The predicted molar refractivity (Wildman–Crippen MR) is 100 cm³/mol. The van der Waals surface area contributed by atoms with E-state index in [0.717, 1.165) is 5.56 Å². The summed E-state index contributed by atoms with van der Waals surface area (Å²) in [5.41, 5.74) is 1.97. The number of aromatic nitrogens is 1. The van der Waals surface area contributed by atoms with Crippen LogP contribution in [0.5, 0.6) is 5.75 Å². The summed E-state index contributed by atoms with van der Waals surface area (Å²) in [6, 6.07) is 13.0. The highest BCUT2D eigenvalue weighted by Gasteiger charge is 2.29. The monoisotopic (exact) mass is 383 g/mol. The van der Waals surface area contributed by atoms with E-state index < -0.39 is 6.10 Å². The minimum Gasteiger partial charge on any atom is -0.478 e. The number of carbonyl (C=O) groups is 2. The number of carbonyl (C=O) groups excluding carboxylic acids is 2. The number of rotatable bonds is 4. The summed E-state index contributed by atoms with van der Waals surface area (Å²) >= 11 is 1.25. The molecule has 0 fully saturated rings. The summed E-state index contributed by atoms with van der Waals surface area (Å²) in [5, 5.41) is 7.56. The minimum absolute atomic E-state index is 0.133. The molecule has 4 rings (SSSR count). The second-order valence-electron chi connectivity index (χ2n) is 5.89. The molecule has 0 spiro atoms. The van der Waals surface area contributed by atoms with Gasteiger partial charge >= 0.3 is 0 Å². The van der Waals surface area contributed by atoms with Crippen LogP contribution < -0.4 is 15.4 Å². The molecule has 2 amide bonds. The maximum atomic E-state index is 13.0. The first kappa shape index (κ1) is 17.2. The van der Waals surface area contributed by atoms with Crippen molar-refractivity contribution in [3.8, 4) is 17.0 Å². The van der Waals surface area contributed by atoms with Crippen LogP contribution in [0.15, 0.2) is 53.9 Å². The van der Waals surface area contributed by atoms with Gasteiger partial charge in [-0.3, -0.25) is 9.59 Å². The number of para-hydroxylation sites is 2. The van der Waals surface area contributed by atoms with Gasteiger partial charge in [-0.2, -0.15) is 0 Å². The van der Waals surface area contributed by atoms with E-state index >= 15 is 0 Å². The molecule has 0 bridgehead atoms. The maximum Gasteiger partial charge on any atom is 0.266 e. The summed E-state index contributed by atoms with van der Waals surface area (Å²) in [4.78, 5) is 28.7. The highest BCUT2D eigenvalue weighted by Crippen LogP contribution is 2.30. The molecule has 2 aromatic carbocycles. The number of anilines is 2. The molecular formula is C19H14FN3O3S. The van der Waals surface area contributed by atoms with Gasteiger partial charge in [0.1, 0.15) is 11.6 Å². The lowest BCUT2D eigenvalue weighted by Gasteiger charge is -2.25.